The van der Waals surface area contributed by atoms with E-state index in [1.54, 1.807) is 49.8 Å². The maximum absolute atomic E-state index is 12.7. The summed E-state index contributed by atoms with van der Waals surface area (Å²) in [5.74, 6) is 2.50. The van der Waals surface area contributed by atoms with E-state index in [9.17, 15) is 4.79 Å². The molecule has 2 N–H and O–H groups in total. The van der Waals surface area contributed by atoms with Gasteiger partial charge in [0.05, 0.1) is 42.0 Å². The molecule has 0 bridgehead atoms. The van der Waals surface area contributed by atoms with Gasteiger partial charge in [-0.15, -0.1) is 0 Å². The second-order valence-electron chi connectivity index (χ2n) is 8.97. The number of nitrogens with zero attached hydrogens (tertiary/aromatic N) is 7. The van der Waals surface area contributed by atoms with Crippen molar-refractivity contribution in [3.05, 3.63) is 54.7 Å². The van der Waals surface area contributed by atoms with E-state index in [0.29, 0.717) is 52.4 Å². The van der Waals surface area contributed by atoms with E-state index in [0.717, 1.165) is 18.7 Å². The average molecular weight is 516 g/mol. The first kappa shape index (κ1) is 25.1. The van der Waals surface area contributed by atoms with E-state index < -0.39 is 0 Å². The van der Waals surface area contributed by atoms with Crippen LogP contribution in [-0.2, 0) is 7.05 Å². The van der Waals surface area contributed by atoms with Gasteiger partial charge >= 0.3 is 0 Å². The summed E-state index contributed by atoms with van der Waals surface area (Å²) in [6.45, 7) is 3.56. The Morgan fingerprint density at radius 3 is 2.50 bits per heavy atom. The smallest absolute Gasteiger partial charge is 0.232 e. The fourth-order valence-corrected chi connectivity index (χ4v) is 4.14. The Morgan fingerprint density at radius 2 is 1.84 bits per heavy atom. The maximum Gasteiger partial charge on any atom is 0.232 e. The number of carbonyl (C=O) groups is 1. The number of rotatable bonds is 10. The van der Waals surface area contributed by atoms with Crippen LogP contribution in [0.3, 0.4) is 0 Å². The Bertz CT molecular complexity index is 1430. The number of likely N-dealkylation sites (N-methyl/N-ethyl adjacent to an activating group) is 1. The molecule has 0 amide bonds. The molecule has 0 aliphatic carbocycles. The SMILES string of the molecule is CCC(=O)c1cnc(Nc2cnc(OC3CN(C)C3)cn2)cc1Nc1cccc(-c2ncn(C)n2)c1OC. The third-order valence-corrected chi connectivity index (χ3v) is 6.06. The maximum atomic E-state index is 12.7. The summed E-state index contributed by atoms with van der Waals surface area (Å²) in [7, 11) is 5.43. The van der Waals surface area contributed by atoms with Gasteiger partial charge in [-0.05, 0) is 19.2 Å². The van der Waals surface area contributed by atoms with Crippen molar-refractivity contribution in [1.29, 1.82) is 0 Å². The van der Waals surface area contributed by atoms with Crippen LogP contribution in [0.5, 0.6) is 11.6 Å². The normalized spacial score (nSPS) is 13.6. The molecule has 1 fully saturated rings. The van der Waals surface area contributed by atoms with Gasteiger partial charge in [0.15, 0.2) is 17.4 Å². The Balaban J connectivity index is 1.40. The van der Waals surface area contributed by atoms with Gasteiger partial charge in [-0.25, -0.2) is 19.9 Å². The second kappa shape index (κ2) is 10.8. The van der Waals surface area contributed by atoms with Crippen molar-refractivity contribution in [1.82, 2.24) is 34.6 Å². The zero-order chi connectivity index (χ0) is 26.6. The standard InChI is InChI=1S/C26H29N9O3/c1-5-21(36)18-10-27-22(32-23-11-29-24(12-28-23)38-16-13-34(2)14-16)9-20(18)31-19-8-6-7-17(25(19)37-4)26-30-15-35(3)33-26/h6-12,15-16H,5,13-14H2,1-4H3,(H2,27,28,31,32). The lowest BCUT2D eigenvalue weighted by Gasteiger charge is -2.35. The first-order valence-corrected chi connectivity index (χ1v) is 12.2. The molecule has 1 aliphatic rings. The number of aryl methyl sites for hydroxylation is 1. The number of para-hydroxylation sites is 1. The summed E-state index contributed by atoms with van der Waals surface area (Å²) in [4.78, 5) is 32.4. The van der Waals surface area contributed by atoms with Gasteiger partial charge in [-0.2, -0.15) is 5.10 Å². The van der Waals surface area contributed by atoms with Gasteiger partial charge in [0, 0.05) is 38.8 Å². The number of ketones is 1. The number of anilines is 4. The molecule has 0 radical (unpaired) electrons. The molecule has 0 unspecified atom stereocenters. The van der Waals surface area contributed by atoms with Crippen molar-refractivity contribution in [2.45, 2.75) is 19.4 Å². The molecular weight excluding hydrogens is 486 g/mol. The minimum Gasteiger partial charge on any atom is -0.494 e. The topological polar surface area (TPSA) is 132 Å². The van der Waals surface area contributed by atoms with Crippen LogP contribution in [0.15, 0.2) is 49.2 Å². The molecule has 38 heavy (non-hydrogen) atoms. The molecular formula is C26H29N9O3. The van der Waals surface area contributed by atoms with E-state index in [4.69, 9.17) is 9.47 Å². The molecule has 5 rings (SSSR count). The fraction of sp³-hybridized carbons (Fsp3) is 0.308. The van der Waals surface area contributed by atoms with Crippen molar-refractivity contribution in [3.63, 3.8) is 0 Å². The molecule has 1 aliphatic heterocycles. The number of aromatic nitrogens is 6. The molecule has 3 aromatic heterocycles. The number of hydrogen-bond donors (Lipinski definition) is 2. The molecule has 196 valence electrons. The molecule has 1 aromatic carbocycles. The monoisotopic (exact) mass is 515 g/mol. The van der Waals surface area contributed by atoms with Gasteiger partial charge in [-0.3, -0.25) is 14.4 Å². The van der Waals surface area contributed by atoms with Crippen molar-refractivity contribution < 1.29 is 14.3 Å². The first-order valence-electron chi connectivity index (χ1n) is 12.2. The predicted molar refractivity (Wildman–Crippen MR) is 142 cm³/mol. The lowest BCUT2D eigenvalue weighted by Crippen LogP contribution is -2.51. The van der Waals surface area contributed by atoms with Gasteiger partial charge in [0.1, 0.15) is 24.1 Å². The summed E-state index contributed by atoms with van der Waals surface area (Å²) in [5.41, 5.74) is 2.41. The zero-order valence-corrected chi connectivity index (χ0v) is 21.7. The summed E-state index contributed by atoms with van der Waals surface area (Å²) < 4.78 is 13.1. The lowest BCUT2D eigenvalue weighted by molar-refractivity contribution is 0.0353. The van der Waals surface area contributed by atoms with E-state index in [1.165, 1.54) is 0 Å². The molecule has 4 heterocycles. The number of nitrogens with one attached hydrogen (secondary N) is 2. The molecule has 0 spiro atoms. The van der Waals surface area contributed by atoms with Gasteiger partial charge in [-0.1, -0.05) is 13.0 Å². The Labute approximate surface area is 220 Å². The number of pyridine rings is 1. The molecule has 1 saturated heterocycles. The summed E-state index contributed by atoms with van der Waals surface area (Å²) >= 11 is 0. The van der Waals surface area contributed by atoms with Crippen LogP contribution < -0.4 is 20.1 Å². The quantitative estimate of drug-likeness (QED) is 0.301. The summed E-state index contributed by atoms with van der Waals surface area (Å²) in [5, 5.41) is 10.9. The van der Waals surface area contributed by atoms with E-state index >= 15 is 0 Å². The Kier molecular flexibility index (Phi) is 7.13. The van der Waals surface area contributed by atoms with E-state index in [-0.39, 0.29) is 11.9 Å². The van der Waals surface area contributed by atoms with Crippen LogP contribution in [0.25, 0.3) is 11.4 Å². The highest BCUT2D eigenvalue weighted by Crippen LogP contribution is 2.37. The highest BCUT2D eigenvalue weighted by atomic mass is 16.5. The van der Waals surface area contributed by atoms with Crippen LogP contribution in [-0.4, -0.2) is 73.8 Å². The third kappa shape index (κ3) is 5.39. The first-order chi connectivity index (χ1) is 18.4. The number of carbonyl (C=O) groups excluding carboxylic acids is 1. The van der Waals surface area contributed by atoms with Gasteiger partial charge < -0.3 is 20.1 Å². The summed E-state index contributed by atoms with van der Waals surface area (Å²) in [6.07, 6.45) is 6.81. The number of Topliss-reactive ketones (excluding diaryl/α,β-unsaturated/α-hetero) is 1. The molecule has 4 aromatic rings. The lowest BCUT2D eigenvalue weighted by atomic mass is 10.1. The minimum atomic E-state index is -0.0454. The van der Waals surface area contributed by atoms with Crippen LogP contribution in [0, 0.1) is 0 Å². The number of ether oxygens (including phenoxy) is 2. The predicted octanol–water partition coefficient (Wildman–Crippen LogP) is 3.45. The van der Waals surface area contributed by atoms with Crippen molar-refractivity contribution in [2.75, 3.05) is 37.9 Å². The van der Waals surface area contributed by atoms with E-state index in [1.807, 2.05) is 32.2 Å². The van der Waals surface area contributed by atoms with Gasteiger partial charge in [0.25, 0.3) is 0 Å². The average Bonchev–Trinajstić information content (AvgIpc) is 3.34. The second-order valence-corrected chi connectivity index (χ2v) is 8.97. The molecule has 12 heteroatoms. The number of likely N-dealkylation sites (tertiary alicyclic amines) is 1. The fourth-order valence-electron chi connectivity index (χ4n) is 4.14. The van der Waals surface area contributed by atoms with Crippen LogP contribution >= 0.6 is 0 Å². The summed E-state index contributed by atoms with van der Waals surface area (Å²) in [6, 6.07) is 7.37. The highest BCUT2D eigenvalue weighted by molar-refractivity contribution is 6.02. The highest BCUT2D eigenvalue weighted by Gasteiger charge is 2.25. The molecule has 12 nitrogen and oxygen atoms in total. The Hall–Kier alpha value is -4.58. The number of benzene rings is 1. The van der Waals surface area contributed by atoms with Crippen LogP contribution in [0.1, 0.15) is 23.7 Å². The number of methoxy groups -OCH3 is 1. The molecule has 0 atom stereocenters. The zero-order valence-electron chi connectivity index (χ0n) is 21.7. The van der Waals surface area contributed by atoms with Crippen molar-refractivity contribution >= 4 is 28.8 Å². The van der Waals surface area contributed by atoms with Gasteiger partial charge in [0.2, 0.25) is 5.88 Å². The van der Waals surface area contributed by atoms with E-state index in [2.05, 4.69) is 40.6 Å². The van der Waals surface area contributed by atoms with Crippen molar-refractivity contribution in [2.24, 2.45) is 7.05 Å². The largest absolute Gasteiger partial charge is 0.494 e. The third-order valence-electron chi connectivity index (χ3n) is 6.06. The molecule has 0 saturated carbocycles. The number of hydrogen-bond acceptors (Lipinski definition) is 11. The van der Waals surface area contributed by atoms with Crippen molar-refractivity contribution in [3.8, 4) is 23.0 Å². The minimum absolute atomic E-state index is 0.0454. The van der Waals surface area contributed by atoms with Crippen LogP contribution in [0.4, 0.5) is 23.0 Å². The Morgan fingerprint density at radius 1 is 1.03 bits per heavy atom. The van der Waals surface area contributed by atoms with Crippen LogP contribution in [0.2, 0.25) is 0 Å².